The number of benzene rings is 1. The second kappa shape index (κ2) is 5.04. The molecule has 0 aliphatic carbocycles. The number of amides is 1. The average Bonchev–Trinajstić information content (AvgIpc) is 2.25. The summed E-state index contributed by atoms with van der Waals surface area (Å²) in [7, 11) is 1.12. The van der Waals surface area contributed by atoms with E-state index in [0.29, 0.717) is 12.1 Å². The molecule has 0 unspecified atom stereocenters. The van der Waals surface area contributed by atoms with E-state index in [1.54, 1.807) is 0 Å². The van der Waals surface area contributed by atoms with E-state index < -0.39 is 34.9 Å². The normalized spacial score (nSPS) is 10.9. The van der Waals surface area contributed by atoms with Crippen molar-refractivity contribution in [1.82, 2.24) is 5.32 Å². The number of alkyl halides is 3. The molecule has 0 aromatic heterocycles. The maximum atomic E-state index is 12.6. The van der Waals surface area contributed by atoms with Crippen molar-refractivity contribution in [2.24, 2.45) is 5.73 Å². The molecule has 1 aromatic carbocycles. The zero-order chi connectivity index (χ0) is 14.8. The fraction of sp³-hybridized carbons (Fsp3) is 0.200. The number of guanidine groups is 1. The standard InChI is InChI=1S/C10H10F3N3O3/c1-19-7-3-6(17)5(10(11,12)13)2-4(7)8(18)16-9(14)15/h2-3,17H,1H3,(H4,14,15,16,18). The summed E-state index contributed by atoms with van der Waals surface area (Å²) in [6, 6.07) is 1.09. The highest BCUT2D eigenvalue weighted by atomic mass is 19.4. The highest BCUT2D eigenvalue weighted by molar-refractivity contribution is 6.06. The van der Waals surface area contributed by atoms with E-state index in [9.17, 15) is 23.1 Å². The molecule has 0 aliphatic heterocycles. The minimum Gasteiger partial charge on any atom is -0.507 e. The molecule has 5 N–H and O–H groups in total. The fourth-order valence-electron chi connectivity index (χ4n) is 1.33. The highest BCUT2D eigenvalue weighted by Gasteiger charge is 2.35. The van der Waals surface area contributed by atoms with Crippen molar-refractivity contribution >= 4 is 11.9 Å². The number of ether oxygens (including phenoxy) is 1. The Hall–Kier alpha value is -2.45. The first-order valence-corrected chi connectivity index (χ1v) is 4.80. The van der Waals surface area contributed by atoms with Gasteiger partial charge in [0.15, 0.2) is 5.96 Å². The molecule has 0 radical (unpaired) electrons. The minimum atomic E-state index is -4.83. The van der Waals surface area contributed by atoms with Crippen molar-refractivity contribution < 1.29 is 27.8 Å². The van der Waals surface area contributed by atoms with Gasteiger partial charge in [0.2, 0.25) is 0 Å². The van der Waals surface area contributed by atoms with Gasteiger partial charge in [0.1, 0.15) is 11.5 Å². The summed E-state index contributed by atoms with van der Waals surface area (Å²) in [5.41, 5.74) is 3.03. The number of nitrogens with one attached hydrogen (secondary N) is 2. The van der Waals surface area contributed by atoms with Gasteiger partial charge in [-0.3, -0.25) is 15.5 Å². The summed E-state index contributed by atoms with van der Waals surface area (Å²) >= 11 is 0. The SMILES string of the molecule is COc1cc(O)c(C(F)(F)F)cc1C(=O)NC(=N)N. The van der Waals surface area contributed by atoms with E-state index in [4.69, 9.17) is 15.9 Å². The van der Waals surface area contributed by atoms with Crippen LogP contribution in [0.2, 0.25) is 0 Å². The van der Waals surface area contributed by atoms with Gasteiger partial charge in [-0.15, -0.1) is 0 Å². The molecule has 0 saturated heterocycles. The van der Waals surface area contributed by atoms with E-state index >= 15 is 0 Å². The second-order valence-corrected chi connectivity index (χ2v) is 3.44. The van der Waals surface area contributed by atoms with Crippen LogP contribution in [0.5, 0.6) is 11.5 Å². The largest absolute Gasteiger partial charge is 0.507 e. The molecule has 0 atom stereocenters. The Labute approximate surface area is 105 Å². The molecule has 1 aromatic rings. The zero-order valence-corrected chi connectivity index (χ0v) is 9.63. The number of phenols is 1. The number of carbonyl (C=O) groups excluding carboxylic acids is 1. The Balaban J connectivity index is 3.37. The molecular formula is C10H10F3N3O3. The monoisotopic (exact) mass is 277 g/mol. The van der Waals surface area contributed by atoms with Crippen molar-refractivity contribution in [1.29, 1.82) is 5.41 Å². The number of hydrogen-bond acceptors (Lipinski definition) is 4. The molecule has 0 saturated carbocycles. The van der Waals surface area contributed by atoms with Gasteiger partial charge in [-0.05, 0) is 6.07 Å². The van der Waals surface area contributed by atoms with Crippen LogP contribution < -0.4 is 15.8 Å². The number of rotatable bonds is 2. The van der Waals surface area contributed by atoms with Gasteiger partial charge in [0, 0.05) is 6.07 Å². The summed E-state index contributed by atoms with van der Waals surface area (Å²) in [6.07, 6.45) is -4.83. The molecule has 0 aliphatic rings. The number of carbonyl (C=O) groups is 1. The number of methoxy groups -OCH3 is 1. The smallest absolute Gasteiger partial charge is 0.419 e. The third-order valence-electron chi connectivity index (χ3n) is 2.12. The summed E-state index contributed by atoms with van der Waals surface area (Å²) in [4.78, 5) is 11.6. The maximum Gasteiger partial charge on any atom is 0.419 e. The van der Waals surface area contributed by atoms with Crippen LogP contribution in [0.4, 0.5) is 13.2 Å². The predicted molar refractivity (Wildman–Crippen MR) is 59.0 cm³/mol. The van der Waals surface area contributed by atoms with Crippen molar-refractivity contribution in [3.05, 3.63) is 23.3 Å². The molecule has 0 bridgehead atoms. The molecule has 9 heteroatoms. The van der Waals surface area contributed by atoms with E-state index in [-0.39, 0.29) is 5.75 Å². The molecule has 104 valence electrons. The van der Waals surface area contributed by atoms with Crippen LogP contribution in [0.3, 0.4) is 0 Å². The van der Waals surface area contributed by atoms with Crippen LogP contribution >= 0.6 is 0 Å². The van der Waals surface area contributed by atoms with Gasteiger partial charge < -0.3 is 15.6 Å². The third-order valence-corrected chi connectivity index (χ3v) is 2.12. The van der Waals surface area contributed by atoms with Crippen molar-refractivity contribution in [3.8, 4) is 11.5 Å². The van der Waals surface area contributed by atoms with Crippen molar-refractivity contribution in [2.75, 3.05) is 7.11 Å². The predicted octanol–water partition coefficient (Wildman–Crippen LogP) is 1.04. The lowest BCUT2D eigenvalue weighted by molar-refractivity contribution is -0.138. The number of halogens is 3. The molecule has 19 heavy (non-hydrogen) atoms. The Morgan fingerprint density at radius 3 is 2.47 bits per heavy atom. The topological polar surface area (TPSA) is 108 Å². The van der Waals surface area contributed by atoms with E-state index in [0.717, 1.165) is 7.11 Å². The lowest BCUT2D eigenvalue weighted by atomic mass is 10.1. The minimum absolute atomic E-state index is 0.274. The molecule has 0 heterocycles. The first-order chi connectivity index (χ1) is 8.66. The van der Waals surface area contributed by atoms with E-state index in [1.807, 2.05) is 5.32 Å². The van der Waals surface area contributed by atoms with E-state index in [1.165, 1.54) is 0 Å². The average molecular weight is 277 g/mol. The lowest BCUT2D eigenvalue weighted by Gasteiger charge is -2.14. The van der Waals surface area contributed by atoms with Gasteiger partial charge in [0.25, 0.3) is 5.91 Å². The number of phenolic OH excluding ortho intramolecular Hbond substituents is 1. The van der Waals surface area contributed by atoms with Gasteiger partial charge in [-0.1, -0.05) is 0 Å². The number of hydrogen-bond donors (Lipinski definition) is 4. The van der Waals surface area contributed by atoms with Crippen molar-refractivity contribution in [2.45, 2.75) is 6.18 Å². The van der Waals surface area contributed by atoms with Crippen LogP contribution in [-0.2, 0) is 6.18 Å². The Morgan fingerprint density at radius 2 is 2.05 bits per heavy atom. The molecule has 1 rings (SSSR count). The summed E-state index contributed by atoms with van der Waals surface area (Å²) in [6.45, 7) is 0. The van der Waals surface area contributed by atoms with Gasteiger partial charge >= 0.3 is 6.18 Å². The van der Waals surface area contributed by atoms with Crippen LogP contribution in [0, 0.1) is 5.41 Å². The van der Waals surface area contributed by atoms with E-state index in [2.05, 4.69) is 0 Å². The van der Waals surface area contributed by atoms with Gasteiger partial charge in [0.05, 0.1) is 18.2 Å². The molecule has 0 fully saturated rings. The van der Waals surface area contributed by atoms with Crippen LogP contribution in [-0.4, -0.2) is 24.1 Å². The zero-order valence-electron chi connectivity index (χ0n) is 9.63. The summed E-state index contributed by atoms with van der Waals surface area (Å²) in [5, 5.41) is 17.9. The Morgan fingerprint density at radius 1 is 1.47 bits per heavy atom. The quantitative estimate of drug-likeness (QED) is 0.478. The molecule has 0 spiro atoms. The lowest BCUT2D eigenvalue weighted by Crippen LogP contribution is -2.36. The summed E-state index contributed by atoms with van der Waals surface area (Å²) in [5.74, 6) is -3.11. The first kappa shape index (κ1) is 14.6. The maximum absolute atomic E-state index is 12.6. The van der Waals surface area contributed by atoms with Crippen LogP contribution in [0.15, 0.2) is 12.1 Å². The second-order valence-electron chi connectivity index (χ2n) is 3.44. The Kier molecular flexibility index (Phi) is 3.88. The molecular weight excluding hydrogens is 267 g/mol. The number of aromatic hydroxyl groups is 1. The molecule has 6 nitrogen and oxygen atoms in total. The highest BCUT2D eigenvalue weighted by Crippen LogP contribution is 2.39. The van der Waals surface area contributed by atoms with Gasteiger partial charge in [-0.25, -0.2) is 0 Å². The van der Waals surface area contributed by atoms with Crippen LogP contribution in [0.1, 0.15) is 15.9 Å². The fourth-order valence-corrected chi connectivity index (χ4v) is 1.33. The number of nitrogens with two attached hydrogens (primary N) is 1. The van der Waals surface area contributed by atoms with Crippen molar-refractivity contribution in [3.63, 3.8) is 0 Å². The van der Waals surface area contributed by atoms with Crippen LogP contribution in [0.25, 0.3) is 0 Å². The first-order valence-electron chi connectivity index (χ1n) is 4.80. The summed E-state index contributed by atoms with van der Waals surface area (Å²) < 4.78 is 42.5. The Bertz CT molecular complexity index is 529. The molecule has 1 amide bonds. The third kappa shape index (κ3) is 3.27. The van der Waals surface area contributed by atoms with Gasteiger partial charge in [-0.2, -0.15) is 13.2 Å².